The topological polar surface area (TPSA) is 84.7 Å². The molecule has 2 fully saturated rings. The summed E-state index contributed by atoms with van der Waals surface area (Å²) < 4.78 is 28.2. The largest absolute Gasteiger partial charge is 0.351 e. The molecule has 2 unspecified atom stereocenters. The van der Waals surface area contributed by atoms with E-state index < -0.39 is 11.6 Å². The molecule has 7 nitrogen and oxygen atoms in total. The predicted octanol–water partition coefficient (Wildman–Crippen LogP) is 4.78. The number of carbonyl (C=O) groups is 1. The fourth-order valence-electron chi connectivity index (χ4n) is 5.31. The molecule has 2 heterocycles. The van der Waals surface area contributed by atoms with Gasteiger partial charge in [0.2, 0.25) is 5.95 Å². The van der Waals surface area contributed by atoms with Crippen molar-refractivity contribution in [1.82, 2.24) is 19.5 Å². The highest BCUT2D eigenvalue weighted by Gasteiger charge is 2.44. The molecule has 1 amide bonds. The number of nitrogens with one attached hydrogen (secondary N) is 2. The highest BCUT2D eigenvalue weighted by Crippen LogP contribution is 2.51. The Labute approximate surface area is 194 Å². The molecule has 2 atom stereocenters. The molecule has 2 aliphatic rings. The average molecular weight is 473 g/mol. The van der Waals surface area contributed by atoms with Gasteiger partial charge in [-0.1, -0.05) is 11.6 Å². The van der Waals surface area contributed by atoms with E-state index in [9.17, 15) is 13.6 Å². The Balaban J connectivity index is 1.25. The van der Waals surface area contributed by atoms with Gasteiger partial charge >= 0.3 is 0 Å². The summed E-state index contributed by atoms with van der Waals surface area (Å²) >= 11 is 5.84. The van der Waals surface area contributed by atoms with Gasteiger partial charge in [0.15, 0.2) is 5.82 Å². The van der Waals surface area contributed by atoms with Crippen LogP contribution < -0.4 is 10.6 Å². The van der Waals surface area contributed by atoms with Gasteiger partial charge < -0.3 is 15.2 Å². The Morgan fingerprint density at radius 1 is 1.09 bits per heavy atom. The minimum absolute atomic E-state index is 0.0455. The summed E-state index contributed by atoms with van der Waals surface area (Å²) in [6.07, 6.45) is 7.84. The quantitative estimate of drug-likeness (QED) is 0.558. The molecule has 10 heteroatoms. The fraction of sp³-hybridized carbons (Fsp3) is 0.391. The van der Waals surface area contributed by atoms with Gasteiger partial charge in [-0.15, -0.1) is 0 Å². The Morgan fingerprint density at radius 3 is 2.45 bits per heavy atom. The monoisotopic (exact) mass is 472 g/mol. The minimum Gasteiger partial charge on any atom is -0.351 e. The second kappa shape index (κ2) is 8.70. The molecular weight excluding hydrogens is 450 g/mol. The molecule has 1 aromatic carbocycles. The van der Waals surface area contributed by atoms with Crippen LogP contribution in [0.2, 0.25) is 5.02 Å². The van der Waals surface area contributed by atoms with Crippen molar-refractivity contribution in [3.8, 4) is 0 Å². The maximum absolute atomic E-state index is 13.4. The standard InChI is InChI=1S/C23H23ClF2N6O/c1-32-11-29-20(21(32)22(33)30-16-2-3-19(26)18(24)8-16)14-4-12-6-17(7-13(12)5-14)31-23-27-9-15(25)10-28-23/h2-3,8-14,17H,4-7H2,1H3,(H,30,33)(H,27,28,31). The molecule has 2 aliphatic carbocycles. The van der Waals surface area contributed by atoms with Crippen LogP contribution in [0.25, 0.3) is 0 Å². The highest BCUT2D eigenvalue weighted by atomic mass is 35.5. The average Bonchev–Trinajstić information content (AvgIpc) is 3.45. The van der Waals surface area contributed by atoms with Gasteiger partial charge in [0.1, 0.15) is 11.5 Å². The molecule has 3 aromatic rings. The predicted molar refractivity (Wildman–Crippen MR) is 120 cm³/mol. The van der Waals surface area contributed by atoms with E-state index in [0.717, 1.165) is 43.8 Å². The number of hydrogen-bond donors (Lipinski definition) is 2. The number of halogens is 3. The smallest absolute Gasteiger partial charge is 0.274 e. The van der Waals surface area contributed by atoms with Crippen molar-refractivity contribution in [3.05, 3.63) is 65.0 Å². The van der Waals surface area contributed by atoms with Gasteiger partial charge in [0, 0.05) is 24.7 Å². The first-order valence-corrected chi connectivity index (χ1v) is 11.3. The maximum atomic E-state index is 13.4. The number of amides is 1. The number of carbonyl (C=O) groups excluding carboxylic acids is 1. The van der Waals surface area contributed by atoms with E-state index in [-0.39, 0.29) is 22.9 Å². The Morgan fingerprint density at radius 2 is 1.79 bits per heavy atom. The van der Waals surface area contributed by atoms with Crippen LogP contribution >= 0.6 is 11.6 Å². The van der Waals surface area contributed by atoms with Gasteiger partial charge in [0.25, 0.3) is 5.91 Å². The zero-order valence-electron chi connectivity index (χ0n) is 17.9. The van der Waals surface area contributed by atoms with E-state index in [1.165, 1.54) is 18.2 Å². The minimum atomic E-state index is -0.535. The molecular formula is C23H23ClF2N6O. The number of aryl methyl sites for hydroxylation is 1. The SMILES string of the molecule is Cn1cnc(C2CC3CC(Nc4ncc(F)cn4)CC3C2)c1C(=O)Nc1ccc(F)c(Cl)c1. The van der Waals surface area contributed by atoms with Crippen molar-refractivity contribution in [2.75, 3.05) is 10.6 Å². The molecule has 172 valence electrons. The van der Waals surface area contributed by atoms with Crippen molar-refractivity contribution >= 4 is 29.1 Å². The number of nitrogens with zero attached hydrogens (tertiary/aromatic N) is 4. The molecule has 2 N–H and O–H groups in total. The molecule has 2 saturated carbocycles. The zero-order valence-corrected chi connectivity index (χ0v) is 18.7. The van der Waals surface area contributed by atoms with Crippen molar-refractivity contribution in [3.63, 3.8) is 0 Å². The van der Waals surface area contributed by atoms with E-state index >= 15 is 0 Å². The lowest BCUT2D eigenvalue weighted by Gasteiger charge is -2.16. The summed E-state index contributed by atoms with van der Waals surface area (Å²) in [5.74, 6) is 0.391. The first-order valence-electron chi connectivity index (χ1n) is 10.9. The van der Waals surface area contributed by atoms with E-state index in [1.54, 1.807) is 17.9 Å². The van der Waals surface area contributed by atoms with Crippen molar-refractivity contribution in [2.45, 2.75) is 37.6 Å². The Hall–Kier alpha value is -3.07. The third-order valence-corrected chi connectivity index (χ3v) is 7.00. The van der Waals surface area contributed by atoms with Gasteiger partial charge in [-0.3, -0.25) is 4.79 Å². The van der Waals surface area contributed by atoms with Crippen LogP contribution in [0.15, 0.2) is 36.9 Å². The normalized spacial score (nSPS) is 24.0. The molecule has 0 spiro atoms. The van der Waals surface area contributed by atoms with Gasteiger partial charge in [-0.25, -0.2) is 23.7 Å². The molecule has 2 aromatic heterocycles. The van der Waals surface area contributed by atoms with E-state index in [0.29, 0.717) is 29.2 Å². The van der Waals surface area contributed by atoms with E-state index in [4.69, 9.17) is 11.6 Å². The number of rotatable bonds is 5. The summed E-state index contributed by atoms with van der Waals surface area (Å²) in [5.41, 5.74) is 1.73. The van der Waals surface area contributed by atoms with Crippen LogP contribution in [0.5, 0.6) is 0 Å². The summed E-state index contributed by atoms with van der Waals surface area (Å²) in [6.45, 7) is 0. The number of hydrogen-bond acceptors (Lipinski definition) is 5. The van der Waals surface area contributed by atoms with Crippen molar-refractivity contribution < 1.29 is 13.6 Å². The number of benzene rings is 1. The van der Waals surface area contributed by atoms with Crippen LogP contribution in [-0.4, -0.2) is 31.5 Å². The number of aromatic nitrogens is 4. The summed E-state index contributed by atoms with van der Waals surface area (Å²) in [7, 11) is 1.79. The Kier molecular flexibility index (Phi) is 5.74. The van der Waals surface area contributed by atoms with Crippen LogP contribution in [0, 0.1) is 23.5 Å². The zero-order chi connectivity index (χ0) is 23.1. The lowest BCUT2D eigenvalue weighted by atomic mass is 9.97. The third-order valence-electron chi connectivity index (χ3n) is 6.71. The second-order valence-electron chi connectivity index (χ2n) is 8.90. The third kappa shape index (κ3) is 4.42. The van der Waals surface area contributed by atoms with Gasteiger partial charge in [-0.05, 0) is 55.7 Å². The first-order chi connectivity index (χ1) is 15.9. The Bertz CT molecular complexity index is 1170. The summed E-state index contributed by atoms with van der Waals surface area (Å²) in [6, 6.07) is 4.35. The van der Waals surface area contributed by atoms with E-state index in [1.807, 2.05) is 0 Å². The highest BCUT2D eigenvalue weighted by molar-refractivity contribution is 6.31. The summed E-state index contributed by atoms with van der Waals surface area (Å²) in [4.78, 5) is 25.6. The first kappa shape index (κ1) is 21.8. The molecule has 0 bridgehead atoms. The second-order valence-corrected chi connectivity index (χ2v) is 9.31. The molecule has 0 aliphatic heterocycles. The van der Waals surface area contributed by atoms with Crippen LogP contribution in [0.4, 0.5) is 20.4 Å². The van der Waals surface area contributed by atoms with Gasteiger partial charge in [0.05, 0.1) is 29.4 Å². The van der Waals surface area contributed by atoms with Crippen LogP contribution in [0.3, 0.4) is 0 Å². The van der Waals surface area contributed by atoms with E-state index in [2.05, 4.69) is 25.6 Å². The molecule has 33 heavy (non-hydrogen) atoms. The molecule has 0 saturated heterocycles. The number of imidazole rings is 1. The maximum Gasteiger partial charge on any atom is 0.274 e. The molecule has 0 radical (unpaired) electrons. The lowest BCUT2D eigenvalue weighted by Crippen LogP contribution is -2.20. The number of fused-ring (bicyclic) bond motifs is 1. The fourth-order valence-corrected chi connectivity index (χ4v) is 5.50. The van der Waals surface area contributed by atoms with Crippen LogP contribution in [-0.2, 0) is 7.05 Å². The number of anilines is 2. The molecule has 5 rings (SSSR count). The lowest BCUT2D eigenvalue weighted by molar-refractivity contribution is 0.101. The van der Waals surface area contributed by atoms with Crippen molar-refractivity contribution in [2.24, 2.45) is 18.9 Å². The summed E-state index contributed by atoms with van der Waals surface area (Å²) in [5, 5.41) is 6.07. The van der Waals surface area contributed by atoms with Crippen LogP contribution in [0.1, 0.15) is 47.8 Å². The van der Waals surface area contributed by atoms with Gasteiger partial charge in [-0.2, -0.15) is 0 Å². The van der Waals surface area contributed by atoms with Crippen molar-refractivity contribution in [1.29, 1.82) is 0 Å².